The Hall–Kier alpha value is -1.99. The first kappa shape index (κ1) is 37.8. The highest BCUT2D eigenvalue weighted by Crippen LogP contribution is 2.40. The van der Waals surface area contributed by atoms with Crippen LogP contribution >= 0.6 is 0 Å². The van der Waals surface area contributed by atoms with Crippen molar-refractivity contribution in [1.82, 2.24) is 19.7 Å². The Balaban J connectivity index is 1.63. The minimum absolute atomic E-state index is 0.149. The van der Waals surface area contributed by atoms with Gasteiger partial charge in [-0.2, -0.15) is 0 Å². The van der Waals surface area contributed by atoms with Crippen molar-refractivity contribution in [3.8, 4) is 0 Å². The molecular formula is C36H60N4O7. The number of methoxy groups -OCH3 is 1. The number of ketones is 1. The lowest BCUT2D eigenvalue weighted by atomic mass is 9.74. The number of rotatable bonds is 6. The first-order chi connectivity index (χ1) is 22.0. The molecule has 266 valence electrons. The van der Waals surface area contributed by atoms with Gasteiger partial charge in [-0.05, 0) is 79.2 Å². The number of aromatic nitrogens is 1. The molecule has 47 heavy (non-hydrogen) atoms. The van der Waals surface area contributed by atoms with E-state index in [0.29, 0.717) is 32.2 Å². The van der Waals surface area contributed by atoms with E-state index in [9.17, 15) is 14.7 Å². The van der Waals surface area contributed by atoms with Crippen LogP contribution in [0.1, 0.15) is 72.8 Å². The highest BCUT2D eigenvalue weighted by molar-refractivity contribution is 6.04. The second kappa shape index (κ2) is 15.3. The first-order valence-electron chi connectivity index (χ1n) is 17.3. The molecule has 11 nitrogen and oxygen atoms in total. The standard InChI is InChI=1S/C36H60N4O7/c1-24-19-35(6,44-10)31(46-32-29(41)28(38(7)8)18-25(2)45-32)26(3)30(42)34(4,5)33(43)47-36(23-39(9)21-24)13-16-40(17-14-36)22-27-12-11-15-37-20-27/h11-12,15,20,24-26,28-29,31-32,41H,13-14,16-19,21-23H2,1-10H3/t24-,25-,26+,28+,29-,31-,32+,35-/m1/s1. The molecule has 0 radical (unpaired) electrons. The number of likely N-dealkylation sites (N-methyl/N-ethyl adjacent to an activating group) is 2. The van der Waals surface area contributed by atoms with Gasteiger partial charge >= 0.3 is 5.97 Å². The van der Waals surface area contributed by atoms with Crippen molar-refractivity contribution in [2.45, 2.75) is 116 Å². The molecule has 11 heteroatoms. The van der Waals surface area contributed by atoms with Crippen molar-refractivity contribution >= 4 is 11.8 Å². The third-order valence-corrected chi connectivity index (χ3v) is 10.8. The Morgan fingerprint density at radius 2 is 1.81 bits per heavy atom. The number of hydrogen-bond acceptors (Lipinski definition) is 11. The Labute approximate surface area is 282 Å². The summed E-state index contributed by atoms with van der Waals surface area (Å²) in [6, 6.07) is 3.85. The lowest BCUT2D eigenvalue weighted by molar-refractivity contribution is -0.295. The molecule has 0 aromatic carbocycles. The van der Waals surface area contributed by atoms with Gasteiger partial charge in [-0.15, -0.1) is 0 Å². The zero-order valence-electron chi connectivity index (χ0n) is 30.4. The van der Waals surface area contributed by atoms with E-state index in [0.717, 1.165) is 31.7 Å². The number of carbonyl (C=O) groups excluding carboxylic acids is 2. The molecule has 0 bridgehead atoms. The van der Waals surface area contributed by atoms with E-state index in [4.69, 9.17) is 18.9 Å². The Morgan fingerprint density at radius 1 is 1.13 bits per heavy atom. The quantitative estimate of drug-likeness (QED) is 0.358. The van der Waals surface area contributed by atoms with Gasteiger partial charge in [0.25, 0.3) is 0 Å². The topological polar surface area (TPSA) is 114 Å². The summed E-state index contributed by atoms with van der Waals surface area (Å²) in [6.07, 6.45) is 3.38. The zero-order chi connectivity index (χ0) is 34.7. The Bertz CT molecular complexity index is 1190. The SMILES string of the molecule is CO[C@]1(C)C[C@@H](C)CN(C)CC2(CCN(Cc3cccnc3)CC2)OC(=O)C(C)(C)C(=O)[C@H](C)[C@H]1O[C@@H]1O[C@H](C)C[C@H](N(C)C)[C@H]1O. The fourth-order valence-electron chi connectivity index (χ4n) is 8.04. The zero-order valence-corrected chi connectivity index (χ0v) is 30.4. The van der Waals surface area contributed by atoms with E-state index in [1.807, 2.05) is 45.1 Å². The van der Waals surface area contributed by atoms with Crippen molar-refractivity contribution in [2.24, 2.45) is 17.3 Å². The van der Waals surface area contributed by atoms with Crippen LogP contribution in [0.5, 0.6) is 0 Å². The molecule has 0 aliphatic carbocycles. The minimum Gasteiger partial charge on any atom is -0.457 e. The molecule has 1 N–H and O–H groups in total. The maximum atomic E-state index is 14.5. The van der Waals surface area contributed by atoms with E-state index < -0.39 is 47.0 Å². The van der Waals surface area contributed by atoms with Crippen molar-refractivity contribution in [1.29, 1.82) is 0 Å². The van der Waals surface area contributed by atoms with Crippen LogP contribution in [0.3, 0.4) is 0 Å². The van der Waals surface area contributed by atoms with Crippen LogP contribution in [-0.4, -0.2) is 133 Å². The third kappa shape index (κ3) is 8.79. The van der Waals surface area contributed by atoms with Crippen LogP contribution in [-0.2, 0) is 35.1 Å². The van der Waals surface area contributed by atoms with Gasteiger partial charge < -0.3 is 33.9 Å². The summed E-state index contributed by atoms with van der Waals surface area (Å²) in [6.45, 7) is 14.8. The van der Waals surface area contributed by atoms with Gasteiger partial charge in [0.1, 0.15) is 17.1 Å². The van der Waals surface area contributed by atoms with Crippen LogP contribution in [0.4, 0.5) is 0 Å². The number of carbonyl (C=O) groups is 2. The average molecular weight is 661 g/mol. The van der Waals surface area contributed by atoms with Gasteiger partial charge in [-0.1, -0.05) is 19.9 Å². The highest BCUT2D eigenvalue weighted by atomic mass is 16.7. The monoisotopic (exact) mass is 660 g/mol. The number of aliphatic hydroxyl groups excluding tert-OH is 1. The van der Waals surface area contributed by atoms with E-state index in [1.165, 1.54) is 0 Å². The molecule has 0 saturated carbocycles. The van der Waals surface area contributed by atoms with Gasteiger partial charge in [-0.25, -0.2) is 0 Å². The molecular weight excluding hydrogens is 600 g/mol. The van der Waals surface area contributed by atoms with Gasteiger partial charge in [0, 0.05) is 77.0 Å². The first-order valence-corrected chi connectivity index (χ1v) is 17.3. The van der Waals surface area contributed by atoms with E-state index in [1.54, 1.807) is 34.1 Å². The molecule has 3 aliphatic rings. The summed E-state index contributed by atoms with van der Waals surface area (Å²) in [5.41, 5.74) is -1.93. The molecule has 1 aromatic rings. The predicted molar refractivity (Wildman–Crippen MR) is 180 cm³/mol. The second-order valence-corrected chi connectivity index (χ2v) is 15.6. The number of ether oxygens (including phenoxy) is 4. The summed E-state index contributed by atoms with van der Waals surface area (Å²) in [4.78, 5) is 39.4. The largest absolute Gasteiger partial charge is 0.457 e. The number of Topliss-reactive ketones (excluding diaryl/α,β-unsaturated/α-hetero) is 1. The highest BCUT2D eigenvalue weighted by Gasteiger charge is 2.53. The third-order valence-electron chi connectivity index (χ3n) is 10.8. The number of hydrogen-bond donors (Lipinski definition) is 1. The Morgan fingerprint density at radius 3 is 2.40 bits per heavy atom. The summed E-state index contributed by atoms with van der Waals surface area (Å²) in [5.74, 6) is -1.43. The minimum atomic E-state index is -1.45. The number of pyridine rings is 1. The fourth-order valence-corrected chi connectivity index (χ4v) is 8.04. The van der Waals surface area contributed by atoms with Gasteiger partial charge in [0.2, 0.25) is 0 Å². The molecule has 0 amide bonds. The van der Waals surface area contributed by atoms with E-state index >= 15 is 0 Å². The number of aliphatic hydroxyl groups is 1. The van der Waals surface area contributed by atoms with Crippen LogP contribution in [0.2, 0.25) is 0 Å². The smallest absolute Gasteiger partial charge is 0.319 e. The molecule has 1 spiro atoms. The van der Waals surface area contributed by atoms with E-state index in [-0.39, 0.29) is 23.8 Å². The lowest BCUT2D eigenvalue weighted by Gasteiger charge is -2.47. The maximum absolute atomic E-state index is 14.5. The summed E-state index contributed by atoms with van der Waals surface area (Å²) >= 11 is 0. The van der Waals surface area contributed by atoms with Crippen molar-refractivity contribution in [3.63, 3.8) is 0 Å². The molecule has 3 fully saturated rings. The van der Waals surface area contributed by atoms with Gasteiger partial charge in [-0.3, -0.25) is 19.5 Å². The Kier molecular flexibility index (Phi) is 12.3. The second-order valence-electron chi connectivity index (χ2n) is 15.6. The fraction of sp³-hybridized carbons (Fsp3) is 0.806. The number of likely N-dealkylation sites (tertiary alicyclic amines) is 1. The number of piperidine rings is 1. The molecule has 4 heterocycles. The predicted octanol–water partition coefficient (Wildman–Crippen LogP) is 3.38. The number of nitrogens with zero attached hydrogens (tertiary/aromatic N) is 4. The summed E-state index contributed by atoms with van der Waals surface area (Å²) in [7, 11) is 7.56. The lowest BCUT2D eigenvalue weighted by Crippen LogP contribution is -2.59. The molecule has 0 unspecified atom stereocenters. The molecule has 8 atom stereocenters. The van der Waals surface area contributed by atoms with Crippen molar-refractivity contribution in [3.05, 3.63) is 30.1 Å². The summed E-state index contributed by atoms with van der Waals surface area (Å²) in [5, 5.41) is 11.4. The maximum Gasteiger partial charge on any atom is 0.319 e. The molecule has 1 aromatic heterocycles. The summed E-state index contributed by atoms with van der Waals surface area (Å²) < 4.78 is 25.5. The van der Waals surface area contributed by atoms with Crippen molar-refractivity contribution in [2.75, 3.05) is 54.4 Å². The van der Waals surface area contributed by atoms with Crippen LogP contribution < -0.4 is 0 Å². The van der Waals surface area contributed by atoms with Crippen LogP contribution in [0.25, 0.3) is 0 Å². The van der Waals surface area contributed by atoms with Gasteiger partial charge in [0.15, 0.2) is 12.1 Å². The van der Waals surface area contributed by atoms with Crippen molar-refractivity contribution < 1.29 is 33.6 Å². The molecule has 3 saturated heterocycles. The molecule has 3 aliphatic heterocycles. The van der Waals surface area contributed by atoms with Crippen LogP contribution in [0, 0.1) is 17.3 Å². The normalized spacial score (nSPS) is 36.4. The molecule has 4 rings (SSSR count). The van der Waals surface area contributed by atoms with Crippen LogP contribution in [0.15, 0.2) is 24.5 Å². The van der Waals surface area contributed by atoms with Gasteiger partial charge in [0.05, 0.1) is 17.8 Å². The van der Waals surface area contributed by atoms with E-state index in [2.05, 4.69) is 34.8 Å². The number of esters is 1. The average Bonchev–Trinajstić information content (AvgIpc) is 3.01.